The first kappa shape index (κ1) is 13.8. The molecule has 1 rings (SSSR count). The molecule has 0 bridgehead atoms. The van der Waals surface area contributed by atoms with Crippen LogP contribution in [-0.4, -0.2) is 48.3 Å². The van der Waals surface area contributed by atoms with Crippen molar-refractivity contribution in [2.45, 2.75) is 44.9 Å². The standard InChI is InChI=1S/C11H20N2O4/c1-11(2,3)17-10(15)13-6-7(12)5-8(13)9(14)16-4/h7-8H,5-6,12H2,1-4H3/t7-,8+/m0/s1. The van der Waals surface area contributed by atoms with E-state index in [0.717, 1.165) is 0 Å². The molecule has 0 unspecified atom stereocenters. The number of likely N-dealkylation sites (tertiary alicyclic amines) is 1. The van der Waals surface area contributed by atoms with Gasteiger partial charge in [0.05, 0.1) is 7.11 Å². The van der Waals surface area contributed by atoms with E-state index in [0.29, 0.717) is 13.0 Å². The van der Waals surface area contributed by atoms with Crippen molar-refractivity contribution in [3.05, 3.63) is 0 Å². The number of rotatable bonds is 1. The van der Waals surface area contributed by atoms with Gasteiger partial charge < -0.3 is 15.2 Å². The molecule has 1 aliphatic rings. The van der Waals surface area contributed by atoms with Gasteiger partial charge in [-0.3, -0.25) is 4.90 Å². The minimum atomic E-state index is -0.634. The Hall–Kier alpha value is -1.30. The van der Waals surface area contributed by atoms with Crippen LogP contribution in [0.1, 0.15) is 27.2 Å². The Labute approximate surface area is 101 Å². The summed E-state index contributed by atoms with van der Waals surface area (Å²) in [5, 5.41) is 0. The number of esters is 1. The van der Waals surface area contributed by atoms with Gasteiger partial charge in [0.1, 0.15) is 11.6 Å². The topological polar surface area (TPSA) is 81.9 Å². The molecule has 0 aromatic carbocycles. The summed E-state index contributed by atoms with van der Waals surface area (Å²) in [6.07, 6.45) is -0.118. The Balaban J connectivity index is 2.73. The summed E-state index contributed by atoms with van der Waals surface area (Å²) >= 11 is 0. The van der Waals surface area contributed by atoms with E-state index >= 15 is 0 Å². The number of ether oxygens (including phenoxy) is 2. The molecule has 1 fully saturated rings. The molecule has 17 heavy (non-hydrogen) atoms. The van der Waals surface area contributed by atoms with Crippen molar-refractivity contribution in [3.8, 4) is 0 Å². The van der Waals surface area contributed by atoms with Crippen LogP contribution in [0.5, 0.6) is 0 Å². The van der Waals surface area contributed by atoms with Crippen LogP contribution in [0.15, 0.2) is 0 Å². The van der Waals surface area contributed by atoms with E-state index < -0.39 is 23.7 Å². The maximum Gasteiger partial charge on any atom is 0.411 e. The van der Waals surface area contributed by atoms with Gasteiger partial charge in [-0.05, 0) is 27.2 Å². The third-order valence-electron chi connectivity index (χ3n) is 2.43. The third-order valence-corrected chi connectivity index (χ3v) is 2.43. The minimum Gasteiger partial charge on any atom is -0.467 e. The van der Waals surface area contributed by atoms with E-state index in [2.05, 4.69) is 4.74 Å². The van der Waals surface area contributed by atoms with Crippen LogP contribution in [-0.2, 0) is 14.3 Å². The molecule has 0 aliphatic carbocycles. The van der Waals surface area contributed by atoms with Crippen LogP contribution in [0.3, 0.4) is 0 Å². The Bertz CT molecular complexity index is 311. The number of hydrogen-bond acceptors (Lipinski definition) is 5. The van der Waals surface area contributed by atoms with Gasteiger partial charge >= 0.3 is 12.1 Å². The van der Waals surface area contributed by atoms with E-state index in [1.54, 1.807) is 20.8 Å². The van der Waals surface area contributed by atoms with Gasteiger partial charge in [0.25, 0.3) is 0 Å². The molecule has 6 nitrogen and oxygen atoms in total. The maximum atomic E-state index is 11.9. The molecule has 6 heteroatoms. The lowest BCUT2D eigenvalue weighted by molar-refractivity contribution is -0.145. The second-order valence-corrected chi connectivity index (χ2v) is 5.17. The van der Waals surface area contributed by atoms with E-state index in [1.807, 2.05) is 0 Å². The van der Waals surface area contributed by atoms with Crippen LogP contribution >= 0.6 is 0 Å². The number of carbonyl (C=O) groups excluding carboxylic acids is 2. The fourth-order valence-electron chi connectivity index (χ4n) is 1.75. The van der Waals surface area contributed by atoms with Gasteiger partial charge in [0.15, 0.2) is 0 Å². The number of nitrogens with zero attached hydrogens (tertiary/aromatic N) is 1. The fraction of sp³-hybridized carbons (Fsp3) is 0.818. The lowest BCUT2D eigenvalue weighted by Crippen LogP contribution is -2.44. The monoisotopic (exact) mass is 244 g/mol. The van der Waals surface area contributed by atoms with Crippen molar-refractivity contribution < 1.29 is 19.1 Å². The van der Waals surface area contributed by atoms with Crippen LogP contribution in [0, 0.1) is 0 Å². The summed E-state index contributed by atoms with van der Waals surface area (Å²) in [6, 6.07) is -0.850. The van der Waals surface area contributed by atoms with Gasteiger partial charge in [-0.25, -0.2) is 9.59 Å². The predicted octanol–water partition coefficient (Wildman–Crippen LogP) is 0.496. The number of hydrogen-bond donors (Lipinski definition) is 1. The molecule has 1 amide bonds. The summed E-state index contributed by atoms with van der Waals surface area (Å²) in [5.41, 5.74) is 5.16. The molecule has 2 N–H and O–H groups in total. The van der Waals surface area contributed by atoms with Crippen molar-refractivity contribution in [2.24, 2.45) is 5.73 Å². The molecular weight excluding hydrogens is 224 g/mol. The molecular formula is C11H20N2O4. The first-order valence-corrected chi connectivity index (χ1v) is 5.57. The smallest absolute Gasteiger partial charge is 0.411 e. The Morgan fingerprint density at radius 3 is 2.41 bits per heavy atom. The predicted molar refractivity (Wildman–Crippen MR) is 61.3 cm³/mol. The summed E-state index contributed by atoms with van der Waals surface area (Å²) in [6.45, 7) is 5.63. The van der Waals surface area contributed by atoms with Crippen molar-refractivity contribution in [3.63, 3.8) is 0 Å². The summed E-state index contributed by atoms with van der Waals surface area (Å²) in [7, 11) is 1.29. The Kier molecular flexibility index (Phi) is 3.98. The molecule has 0 saturated carbocycles. The summed E-state index contributed by atoms with van der Waals surface area (Å²) in [4.78, 5) is 24.7. The average Bonchev–Trinajstić information content (AvgIpc) is 2.56. The molecule has 1 saturated heterocycles. The average molecular weight is 244 g/mol. The van der Waals surface area contributed by atoms with E-state index in [9.17, 15) is 9.59 Å². The van der Waals surface area contributed by atoms with Crippen molar-refractivity contribution in [1.82, 2.24) is 4.90 Å². The first-order chi connectivity index (χ1) is 7.74. The van der Waals surface area contributed by atoms with Gasteiger partial charge in [-0.1, -0.05) is 0 Å². The highest BCUT2D eigenvalue weighted by Crippen LogP contribution is 2.21. The molecule has 1 heterocycles. The first-order valence-electron chi connectivity index (χ1n) is 5.57. The Morgan fingerprint density at radius 2 is 1.94 bits per heavy atom. The number of carbonyl (C=O) groups is 2. The zero-order chi connectivity index (χ0) is 13.2. The fourth-order valence-corrected chi connectivity index (χ4v) is 1.75. The number of nitrogens with two attached hydrogens (primary N) is 1. The minimum absolute atomic E-state index is 0.216. The Morgan fingerprint density at radius 1 is 1.35 bits per heavy atom. The normalized spacial score (nSPS) is 24.6. The number of methoxy groups -OCH3 is 1. The number of amides is 1. The second-order valence-electron chi connectivity index (χ2n) is 5.17. The zero-order valence-corrected chi connectivity index (χ0v) is 10.7. The van der Waals surface area contributed by atoms with Crippen molar-refractivity contribution in [1.29, 1.82) is 0 Å². The SMILES string of the molecule is COC(=O)[C@H]1C[C@H](N)CN1C(=O)OC(C)(C)C. The van der Waals surface area contributed by atoms with Crippen LogP contribution in [0.2, 0.25) is 0 Å². The van der Waals surface area contributed by atoms with Gasteiger partial charge in [-0.2, -0.15) is 0 Å². The highest BCUT2D eigenvalue weighted by Gasteiger charge is 2.40. The van der Waals surface area contributed by atoms with E-state index in [-0.39, 0.29) is 6.04 Å². The van der Waals surface area contributed by atoms with Crippen molar-refractivity contribution >= 4 is 12.1 Å². The van der Waals surface area contributed by atoms with Crippen molar-refractivity contribution in [2.75, 3.05) is 13.7 Å². The molecule has 0 aromatic rings. The lowest BCUT2D eigenvalue weighted by atomic mass is 10.2. The van der Waals surface area contributed by atoms with Gasteiger partial charge in [-0.15, -0.1) is 0 Å². The second kappa shape index (κ2) is 4.91. The zero-order valence-electron chi connectivity index (χ0n) is 10.7. The van der Waals surface area contributed by atoms with Crippen LogP contribution < -0.4 is 5.73 Å². The van der Waals surface area contributed by atoms with E-state index in [1.165, 1.54) is 12.0 Å². The largest absolute Gasteiger partial charge is 0.467 e. The van der Waals surface area contributed by atoms with Gasteiger partial charge in [0, 0.05) is 12.6 Å². The third kappa shape index (κ3) is 3.59. The summed E-state index contributed by atoms with van der Waals surface area (Å²) < 4.78 is 9.87. The van der Waals surface area contributed by atoms with Crippen LogP contribution in [0.4, 0.5) is 4.79 Å². The molecule has 0 aromatic heterocycles. The van der Waals surface area contributed by atoms with E-state index in [4.69, 9.17) is 10.5 Å². The summed E-state index contributed by atoms with van der Waals surface area (Å²) in [5.74, 6) is -0.455. The highest BCUT2D eigenvalue weighted by molar-refractivity contribution is 5.82. The van der Waals surface area contributed by atoms with Gasteiger partial charge in [0.2, 0.25) is 0 Å². The molecule has 0 spiro atoms. The quantitative estimate of drug-likeness (QED) is 0.679. The van der Waals surface area contributed by atoms with Crippen LogP contribution in [0.25, 0.3) is 0 Å². The molecule has 98 valence electrons. The lowest BCUT2D eigenvalue weighted by Gasteiger charge is -2.27. The molecule has 2 atom stereocenters. The highest BCUT2D eigenvalue weighted by atomic mass is 16.6. The molecule has 1 aliphatic heterocycles. The molecule has 0 radical (unpaired) electrons. The maximum absolute atomic E-state index is 11.9.